The van der Waals surface area contributed by atoms with Crippen molar-refractivity contribution in [3.8, 4) is 0 Å². The van der Waals surface area contributed by atoms with E-state index >= 15 is 0 Å². The van der Waals surface area contributed by atoms with Crippen LogP contribution in [0.25, 0.3) is 30.9 Å². The van der Waals surface area contributed by atoms with E-state index in [-0.39, 0.29) is 0 Å². The van der Waals surface area contributed by atoms with Crippen molar-refractivity contribution in [2.45, 2.75) is 13.8 Å². The first-order valence-electron chi connectivity index (χ1n) is 15.4. The lowest BCUT2D eigenvalue weighted by Gasteiger charge is -2.28. The first-order chi connectivity index (χ1) is 22.2. The largest absolute Gasteiger partial charge is 0.310 e. The number of rotatable bonds is 6. The third-order valence-electron chi connectivity index (χ3n) is 8.68. The summed E-state index contributed by atoms with van der Waals surface area (Å²) in [5.41, 5.74) is 9.50. The molecule has 216 valence electrons. The van der Waals surface area contributed by atoms with Crippen LogP contribution in [0.4, 0.5) is 34.1 Å². The molecule has 3 heteroatoms. The molecule has 2 nitrogen and oxygen atoms in total. The number of benzene rings is 7. The van der Waals surface area contributed by atoms with Crippen molar-refractivity contribution in [1.82, 2.24) is 0 Å². The van der Waals surface area contributed by atoms with Crippen LogP contribution in [0.1, 0.15) is 11.1 Å². The zero-order chi connectivity index (χ0) is 30.3. The fourth-order valence-corrected chi connectivity index (χ4v) is 7.69. The van der Waals surface area contributed by atoms with Gasteiger partial charge in [-0.1, -0.05) is 97.1 Å². The van der Waals surface area contributed by atoms with Crippen LogP contribution in [-0.4, -0.2) is 0 Å². The lowest BCUT2D eigenvalue weighted by atomic mass is 10.00. The molecule has 0 amide bonds. The van der Waals surface area contributed by atoms with E-state index in [2.05, 4.69) is 181 Å². The highest BCUT2D eigenvalue weighted by atomic mass is 32.1. The van der Waals surface area contributed by atoms with Gasteiger partial charge >= 0.3 is 0 Å². The van der Waals surface area contributed by atoms with Crippen LogP contribution in [0.5, 0.6) is 0 Å². The molecular formula is C42H32N2S. The molecule has 0 fully saturated rings. The highest BCUT2D eigenvalue weighted by molar-refractivity contribution is 7.26. The molecule has 1 heterocycles. The molecule has 0 saturated carbocycles. The van der Waals surface area contributed by atoms with E-state index in [1.165, 1.54) is 59.1 Å². The molecule has 0 saturated heterocycles. The lowest BCUT2D eigenvalue weighted by molar-refractivity contribution is 1.25. The lowest BCUT2D eigenvalue weighted by Crippen LogP contribution is -2.11. The normalized spacial score (nSPS) is 11.3. The summed E-state index contributed by atoms with van der Waals surface area (Å²) in [6.45, 7) is 4.38. The van der Waals surface area contributed by atoms with Gasteiger partial charge in [0.2, 0.25) is 0 Å². The van der Waals surface area contributed by atoms with Gasteiger partial charge in [-0.3, -0.25) is 0 Å². The highest BCUT2D eigenvalue weighted by Gasteiger charge is 2.21. The summed E-state index contributed by atoms with van der Waals surface area (Å²) in [5, 5.41) is 5.10. The Morgan fingerprint density at radius 2 is 0.911 bits per heavy atom. The molecule has 0 radical (unpaired) electrons. The van der Waals surface area contributed by atoms with Crippen LogP contribution < -0.4 is 9.80 Å². The van der Waals surface area contributed by atoms with Gasteiger partial charge in [0.1, 0.15) is 0 Å². The average molecular weight is 597 g/mol. The Morgan fingerprint density at radius 3 is 1.56 bits per heavy atom. The molecule has 0 N–H and O–H groups in total. The Bertz CT molecular complexity index is 2300. The van der Waals surface area contributed by atoms with E-state index in [4.69, 9.17) is 0 Å². The summed E-state index contributed by atoms with van der Waals surface area (Å²) < 4.78 is 2.57. The summed E-state index contributed by atoms with van der Waals surface area (Å²) in [4.78, 5) is 4.80. The highest BCUT2D eigenvalue weighted by Crippen LogP contribution is 2.48. The molecular weight excluding hydrogens is 565 g/mol. The molecule has 7 aromatic carbocycles. The summed E-state index contributed by atoms with van der Waals surface area (Å²) in [5.74, 6) is 0. The second-order valence-electron chi connectivity index (χ2n) is 11.5. The van der Waals surface area contributed by atoms with E-state index in [1.54, 1.807) is 0 Å². The van der Waals surface area contributed by atoms with Crippen LogP contribution >= 0.6 is 11.3 Å². The fourth-order valence-electron chi connectivity index (χ4n) is 6.55. The Hall–Kier alpha value is -5.38. The number of aryl methyl sites for hydroxylation is 2. The van der Waals surface area contributed by atoms with E-state index in [0.29, 0.717) is 0 Å². The molecule has 0 atom stereocenters. The maximum atomic E-state index is 2.42. The van der Waals surface area contributed by atoms with Gasteiger partial charge in [-0.05, 0) is 91.0 Å². The SMILES string of the molecule is Cc1ccccc1N(c1ccccc1)c1ccc2sc3cc(N(c4ccccc4)c4ccccc4C)c4ccccc4c3c2c1. The van der Waals surface area contributed by atoms with E-state index in [0.717, 1.165) is 17.1 Å². The summed E-state index contributed by atoms with van der Waals surface area (Å²) in [7, 11) is 0. The minimum atomic E-state index is 1.15. The van der Waals surface area contributed by atoms with Gasteiger partial charge in [-0.15, -0.1) is 11.3 Å². The van der Waals surface area contributed by atoms with Gasteiger partial charge in [-0.25, -0.2) is 0 Å². The van der Waals surface area contributed by atoms with Crippen molar-refractivity contribution < 1.29 is 0 Å². The molecule has 0 unspecified atom stereocenters. The predicted octanol–water partition coefficient (Wildman–Crippen LogP) is 12.8. The molecule has 8 rings (SSSR count). The minimum Gasteiger partial charge on any atom is -0.310 e. The number of hydrogen-bond acceptors (Lipinski definition) is 3. The number of nitrogens with zero attached hydrogens (tertiary/aromatic N) is 2. The summed E-state index contributed by atoms with van der Waals surface area (Å²) in [6, 6.07) is 56.9. The van der Waals surface area contributed by atoms with Crippen LogP contribution in [0.15, 0.2) is 158 Å². The fraction of sp³-hybridized carbons (Fsp3) is 0.0476. The van der Waals surface area contributed by atoms with Gasteiger partial charge in [0.05, 0.1) is 5.69 Å². The number of para-hydroxylation sites is 4. The molecule has 0 aliphatic heterocycles. The number of thiophene rings is 1. The first kappa shape index (κ1) is 27.2. The molecule has 0 bridgehead atoms. The van der Waals surface area contributed by atoms with Crippen LogP contribution in [0.2, 0.25) is 0 Å². The van der Waals surface area contributed by atoms with Crippen molar-refractivity contribution in [2.75, 3.05) is 9.80 Å². The van der Waals surface area contributed by atoms with Gasteiger partial charge in [0.15, 0.2) is 0 Å². The third kappa shape index (κ3) is 4.73. The summed E-state index contributed by atoms with van der Waals surface area (Å²) in [6.07, 6.45) is 0. The second kappa shape index (κ2) is 11.3. The van der Waals surface area contributed by atoms with Gasteiger partial charge < -0.3 is 9.80 Å². The molecule has 1 aromatic heterocycles. The number of anilines is 6. The molecule has 8 aromatic rings. The number of hydrogen-bond donors (Lipinski definition) is 0. The quantitative estimate of drug-likeness (QED) is 0.188. The smallest absolute Gasteiger partial charge is 0.0554 e. The van der Waals surface area contributed by atoms with Crippen molar-refractivity contribution in [1.29, 1.82) is 0 Å². The standard InChI is InChI=1S/C42H32N2S/c1-29-15-9-13-23-37(29)43(31-17-5-3-6-18-31)33-25-26-40-36(27-33)42-35-22-12-11-21-34(35)39(28-41(42)45-40)44(32-19-7-4-8-20-32)38-24-14-10-16-30(38)2/h3-28H,1-2H3. The maximum Gasteiger partial charge on any atom is 0.0554 e. The topological polar surface area (TPSA) is 6.48 Å². The van der Waals surface area contributed by atoms with Gasteiger partial charge in [-0.2, -0.15) is 0 Å². The van der Waals surface area contributed by atoms with Crippen molar-refractivity contribution in [3.63, 3.8) is 0 Å². The first-order valence-corrected chi connectivity index (χ1v) is 16.2. The Morgan fingerprint density at radius 1 is 0.378 bits per heavy atom. The van der Waals surface area contributed by atoms with E-state index in [1.807, 2.05) is 11.3 Å². The molecule has 0 spiro atoms. The van der Waals surface area contributed by atoms with Crippen LogP contribution in [0.3, 0.4) is 0 Å². The number of fused-ring (bicyclic) bond motifs is 5. The molecule has 0 aliphatic carbocycles. The summed E-state index contributed by atoms with van der Waals surface area (Å²) >= 11 is 1.87. The molecule has 45 heavy (non-hydrogen) atoms. The zero-order valence-electron chi connectivity index (χ0n) is 25.3. The van der Waals surface area contributed by atoms with Gasteiger partial charge in [0, 0.05) is 54.0 Å². The van der Waals surface area contributed by atoms with Crippen LogP contribution in [-0.2, 0) is 0 Å². The van der Waals surface area contributed by atoms with Crippen molar-refractivity contribution in [3.05, 3.63) is 169 Å². The van der Waals surface area contributed by atoms with Gasteiger partial charge in [0.25, 0.3) is 0 Å². The Kier molecular flexibility index (Phi) is 6.81. The second-order valence-corrected chi connectivity index (χ2v) is 12.6. The van der Waals surface area contributed by atoms with Crippen molar-refractivity contribution >= 4 is 76.4 Å². The van der Waals surface area contributed by atoms with Crippen LogP contribution in [0, 0.1) is 13.8 Å². The maximum absolute atomic E-state index is 2.42. The monoisotopic (exact) mass is 596 g/mol. The Balaban J connectivity index is 1.39. The zero-order valence-corrected chi connectivity index (χ0v) is 26.1. The van der Waals surface area contributed by atoms with Crippen molar-refractivity contribution in [2.24, 2.45) is 0 Å². The van der Waals surface area contributed by atoms with E-state index < -0.39 is 0 Å². The third-order valence-corrected chi connectivity index (χ3v) is 9.80. The minimum absolute atomic E-state index is 1.15. The average Bonchev–Trinajstić information content (AvgIpc) is 3.46. The van der Waals surface area contributed by atoms with E-state index in [9.17, 15) is 0 Å². The molecule has 0 aliphatic rings. The predicted molar refractivity (Wildman–Crippen MR) is 196 cm³/mol. The Labute approximate surface area is 268 Å².